The van der Waals surface area contributed by atoms with E-state index >= 15 is 0 Å². The standard InChI is InChI=1S/C13H17NO3/c1-4-17-13-10-8-12(16-3)11(15-2)7-9(10)5-6-14-13/h7-8H,4-6H2,1-3H3. The molecule has 0 unspecified atom stereocenters. The van der Waals surface area contributed by atoms with Crippen molar-refractivity contribution in [3.63, 3.8) is 0 Å². The molecule has 0 saturated carbocycles. The molecule has 0 atom stereocenters. The fraction of sp³-hybridized carbons (Fsp3) is 0.462. The molecule has 0 spiro atoms. The van der Waals surface area contributed by atoms with Gasteiger partial charge in [0, 0.05) is 12.1 Å². The summed E-state index contributed by atoms with van der Waals surface area (Å²) in [5.74, 6) is 2.17. The first kappa shape index (κ1) is 11.8. The maximum absolute atomic E-state index is 5.54. The first-order chi connectivity index (χ1) is 8.30. The topological polar surface area (TPSA) is 40.0 Å². The summed E-state index contributed by atoms with van der Waals surface area (Å²) in [4.78, 5) is 4.39. The summed E-state index contributed by atoms with van der Waals surface area (Å²) in [6.07, 6.45) is 0.909. The van der Waals surface area contributed by atoms with E-state index < -0.39 is 0 Å². The Morgan fingerprint density at radius 1 is 1.18 bits per heavy atom. The predicted octanol–water partition coefficient (Wildman–Crippen LogP) is 2.04. The second kappa shape index (κ2) is 5.08. The van der Waals surface area contributed by atoms with Crippen molar-refractivity contribution in [3.05, 3.63) is 23.3 Å². The van der Waals surface area contributed by atoms with E-state index in [4.69, 9.17) is 14.2 Å². The van der Waals surface area contributed by atoms with Gasteiger partial charge in [0.1, 0.15) is 0 Å². The number of methoxy groups -OCH3 is 2. The average molecular weight is 235 g/mol. The van der Waals surface area contributed by atoms with Gasteiger partial charge in [0.05, 0.1) is 20.8 Å². The van der Waals surface area contributed by atoms with Crippen LogP contribution < -0.4 is 9.47 Å². The Labute approximate surface area is 101 Å². The van der Waals surface area contributed by atoms with Gasteiger partial charge in [0.25, 0.3) is 0 Å². The van der Waals surface area contributed by atoms with Gasteiger partial charge in [-0.25, -0.2) is 0 Å². The molecule has 0 bridgehead atoms. The highest BCUT2D eigenvalue weighted by Gasteiger charge is 2.19. The van der Waals surface area contributed by atoms with E-state index in [2.05, 4.69) is 4.99 Å². The number of rotatable bonds is 3. The lowest BCUT2D eigenvalue weighted by molar-refractivity contribution is 0.324. The molecule has 0 fully saturated rings. The van der Waals surface area contributed by atoms with Gasteiger partial charge in [-0.1, -0.05) is 0 Å². The van der Waals surface area contributed by atoms with Gasteiger partial charge in [-0.15, -0.1) is 0 Å². The minimum absolute atomic E-state index is 0.618. The van der Waals surface area contributed by atoms with E-state index in [1.807, 2.05) is 19.1 Å². The van der Waals surface area contributed by atoms with Crippen LogP contribution in [-0.4, -0.2) is 33.3 Å². The Balaban J connectivity index is 2.45. The van der Waals surface area contributed by atoms with Crippen LogP contribution in [0.4, 0.5) is 0 Å². The molecule has 0 radical (unpaired) electrons. The van der Waals surface area contributed by atoms with E-state index in [-0.39, 0.29) is 0 Å². The highest BCUT2D eigenvalue weighted by atomic mass is 16.5. The molecule has 17 heavy (non-hydrogen) atoms. The van der Waals surface area contributed by atoms with Crippen molar-refractivity contribution in [1.82, 2.24) is 0 Å². The summed E-state index contributed by atoms with van der Waals surface area (Å²) in [6.45, 7) is 3.34. The molecule has 1 aromatic rings. The third-order valence-electron chi connectivity index (χ3n) is 2.76. The lowest BCUT2D eigenvalue weighted by Gasteiger charge is -2.19. The van der Waals surface area contributed by atoms with E-state index in [0.29, 0.717) is 18.3 Å². The van der Waals surface area contributed by atoms with Gasteiger partial charge in [-0.3, -0.25) is 4.99 Å². The van der Waals surface area contributed by atoms with Crippen LogP contribution in [0.1, 0.15) is 18.1 Å². The zero-order valence-electron chi connectivity index (χ0n) is 10.4. The van der Waals surface area contributed by atoms with Crippen molar-refractivity contribution in [2.75, 3.05) is 27.4 Å². The normalized spacial score (nSPS) is 13.7. The maximum Gasteiger partial charge on any atom is 0.216 e. The molecule has 4 heteroatoms. The van der Waals surface area contributed by atoms with Crippen LogP contribution in [0.25, 0.3) is 0 Å². The largest absolute Gasteiger partial charge is 0.493 e. The molecule has 0 N–H and O–H groups in total. The maximum atomic E-state index is 5.54. The summed E-state index contributed by atoms with van der Waals surface area (Å²) >= 11 is 0. The molecule has 1 aromatic carbocycles. The molecule has 1 heterocycles. The molecule has 1 aliphatic heterocycles. The Morgan fingerprint density at radius 3 is 2.53 bits per heavy atom. The highest BCUT2D eigenvalue weighted by Crippen LogP contribution is 2.32. The summed E-state index contributed by atoms with van der Waals surface area (Å²) in [5.41, 5.74) is 2.21. The number of hydrogen-bond donors (Lipinski definition) is 0. The number of fused-ring (bicyclic) bond motifs is 1. The van der Waals surface area contributed by atoms with Crippen LogP contribution >= 0.6 is 0 Å². The fourth-order valence-corrected chi connectivity index (χ4v) is 1.95. The average Bonchev–Trinajstić information content (AvgIpc) is 2.38. The fourth-order valence-electron chi connectivity index (χ4n) is 1.95. The first-order valence-corrected chi connectivity index (χ1v) is 5.72. The Morgan fingerprint density at radius 2 is 1.88 bits per heavy atom. The molecule has 4 nitrogen and oxygen atoms in total. The number of hydrogen-bond acceptors (Lipinski definition) is 4. The van der Waals surface area contributed by atoms with Crippen molar-refractivity contribution in [3.8, 4) is 11.5 Å². The summed E-state index contributed by atoms with van der Waals surface area (Å²) < 4.78 is 16.1. The lowest BCUT2D eigenvalue weighted by atomic mass is 10.0. The second-order valence-electron chi connectivity index (χ2n) is 3.73. The number of ether oxygens (including phenoxy) is 3. The number of aliphatic imine (C=N–C) groups is 1. The molecule has 92 valence electrons. The molecule has 1 aliphatic rings. The van der Waals surface area contributed by atoms with Crippen LogP contribution in [0, 0.1) is 0 Å². The van der Waals surface area contributed by atoms with Crippen molar-refractivity contribution in [1.29, 1.82) is 0 Å². The van der Waals surface area contributed by atoms with Gasteiger partial charge in [0.2, 0.25) is 5.90 Å². The van der Waals surface area contributed by atoms with Crippen molar-refractivity contribution in [2.24, 2.45) is 4.99 Å². The van der Waals surface area contributed by atoms with Gasteiger partial charge in [-0.05, 0) is 31.0 Å². The first-order valence-electron chi connectivity index (χ1n) is 5.72. The molecule has 0 aromatic heterocycles. The SMILES string of the molecule is CCOC1=NCCc2cc(OC)c(OC)cc21. The predicted molar refractivity (Wildman–Crippen MR) is 66.3 cm³/mol. The van der Waals surface area contributed by atoms with Crippen molar-refractivity contribution >= 4 is 5.90 Å². The molecule has 0 amide bonds. The molecular formula is C13H17NO3. The minimum atomic E-state index is 0.618. The molecule has 2 rings (SSSR count). The third kappa shape index (κ3) is 2.20. The Bertz CT molecular complexity index is 441. The minimum Gasteiger partial charge on any atom is -0.493 e. The van der Waals surface area contributed by atoms with Crippen molar-refractivity contribution in [2.45, 2.75) is 13.3 Å². The Hall–Kier alpha value is -1.71. The van der Waals surface area contributed by atoms with Gasteiger partial charge >= 0.3 is 0 Å². The lowest BCUT2D eigenvalue weighted by Crippen LogP contribution is -2.16. The summed E-state index contributed by atoms with van der Waals surface area (Å²) in [7, 11) is 3.27. The summed E-state index contributed by atoms with van der Waals surface area (Å²) in [5, 5.41) is 0. The van der Waals surface area contributed by atoms with Gasteiger partial charge in [0.15, 0.2) is 11.5 Å². The monoisotopic (exact) mass is 235 g/mol. The van der Waals surface area contributed by atoms with Crippen molar-refractivity contribution < 1.29 is 14.2 Å². The Kier molecular flexibility index (Phi) is 3.52. The number of nitrogens with zero attached hydrogens (tertiary/aromatic N) is 1. The number of benzene rings is 1. The second-order valence-corrected chi connectivity index (χ2v) is 3.73. The quantitative estimate of drug-likeness (QED) is 0.805. The molecular weight excluding hydrogens is 218 g/mol. The molecule has 0 saturated heterocycles. The smallest absolute Gasteiger partial charge is 0.216 e. The molecule has 0 aliphatic carbocycles. The zero-order valence-corrected chi connectivity index (χ0v) is 10.4. The highest BCUT2D eigenvalue weighted by molar-refractivity contribution is 5.97. The van der Waals surface area contributed by atoms with E-state index in [1.54, 1.807) is 14.2 Å². The van der Waals surface area contributed by atoms with Crippen LogP contribution in [0.3, 0.4) is 0 Å². The van der Waals surface area contributed by atoms with E-state index in [9.17, 15) is 0 Å². The summed E-state index contributed by atoms with van der Waals surface area (Å²) in [6, 6.07) is 3.93. The zero-order chi connectivity index (χ0) is 12.3. The van der Waals surface area contributed by atoms with Gasteiger partial charge in [-0.2, -0.15) is 0 Å². The van der Waals surface area contributed by atoms with Crippen LogP contribution in [0.15, 0.2) is 17.1 Å². The van der Waals surface area contributed by atoms with E-state index in [1.165, 1.54) is 5.56 Å². The van der Waals surface area contributed by atoms with Crippen LogP contribution in [-0.2, 0) is 11.2 Å². The van der Waals surface area contributed by atoms with Crippen LogP contribution in [0.5, 0.6) is 11.5 Å². The van der Waals surface area contributed by atoms with E-state index in [0.717, 1.165) is 24.3 Å². The third-order valence-corrected chi connectivity index (χ3v) is 2.76. The van der Waals surface area contributed by atoms with Crippen LogP contribution in [0.2, 0.25) is 0 Å². The van der Waals surface area contributed by atoms with Gasteiger partial charge < -0.3 is 14.2 Å².